The number of aryl methyl sites for hydroxylation is 1. The summed E-state index contributed by atoms with van der Waals surface area (Å²) in [7, 11) is 1.67. The van der Waals surface area contributed by atoms with Gasteiger partial charge in [0.1, 0.15) is 5.82 Å². The van der Waals surface area contributed by atoms with E-state index in [9.17, 15) is 9.59 Å². The Kier molecular flexibility index (Phi) is 4.55. The number of para-hydroxylation sites is 1. The van der Waals surface area contributed by atoms with E-state index in [1.54, 1.807) is 11.6 Å². The molecule has 0 saturated carbocycles. The van der Waals surface area contributed by atoms with Gasteiger partial charge in [-0.25, -0.2) is 14.0 Å². The van der Waals surface area contributed by atoms with Crippen LogP contribution in [0.15, 0.2) is 40.3 Å². The Morgan fingerprint density at radius 1 is 1.19 bits per heavy atom. The third kappa shape index (κ3) is 3.27. The first-order valence-electron chi connectivity index (χ1n) is 9.24. The third-order valence-corrected chi connectivity index (χ3v) is 5.23. The highest BCUT2D eigenvalue weighted by molar-refractivity contribution is 5.91. The van der Waals surface area contributed by atoms with Crippen molar-refractivity contribution in [3.8, 4) is 5.69 Å². The molecule has 1 aromatic carbocycles. The molecule has 0 spiro atoms. The van der Waals surface area contributed by atoms with E-state index >= 15 is 0 Å². The number of likely N-dealkylation sites (tertiary alicyclic amines) is 1. The molecule has 142 valence electrons. The fraction of sp³-hybridized carbons (Fsp3) is 0.474. The maximum atomic E-state index is 12.6. The molecule has 1 aromatic heterocycles. The van der Waals surface area contributed by atoms with Crippen molar-refractivity contribution in [2.75, 3.05) is 13.1 Å². The summed E-state index contributed by atoms with van der Waals surface area (Å²) in [6.45, 7) is 3.12. The molecule has 0 radical (unpaired) electrons. The molecular formula is C19H23N5O3. The van der Waals surface area contributed by atoms with E-state index in [1.807, 2.05) is 42.2 Å². The van der Waals surface area contributed by atoms with E-state index in [2.05, 4.69) is 10.3 Å². The van der Waals surface area contributed by atoms with Gasteiger partial charge in [-0.2, -0.15) is 5.10 Å². The van der Waals surface area contributed by atoms with Crippen molar-refractivity contribution in [2.45, 2.75) is 38.2 Å². The zero-order chi connectivity index (χ0) is 19.0. The van der Waals surface area contributed by atoms with Gasteiger partial charge in [-0.1, -0.05) is 23.4 Å². The smallest absolute Gasteiger partial charge is 0.350 e. The second-order valence-electron chi connectivity index (χ2n) is 7.16. The molecular weight excluding hydrogens is 346 g/mol. The summed E-state index contributed by atoms with van der Waals surface area (Å²) < 4.78 is 3.06. The largest absolute Gasteiger partial charge is 0.382 e. The topological polar surface area (TPSA) is 81.7 Å². The molecule has 0 N–H and O–H groups in total. The monoisotopic (exact) mass is 369 g/mol. The number of rotatable bonds is 3. The molecule has 2 aliphatic rings. The number of nitrogens with zero attached hydrogens (tertiary/aromatic N) is 5. The van der Waals surface area contributed by atoms with Crippen molar-refractivity contribution in [3.05, 3.63) is 46.6 Å². The maximum Gasteiger partial charge on any atom is 0.350 e. The average molecular weight is 369 g/mol. The van der Waals surface area contributed by atoms with E-state index in [0.29, 0.717) is 19.5 Å². The quantitative estimate of drug-likeness (QED) is 0.820. The van der Waals surface area contributed by atoms with Gasteiger partial charge in [0.15, 0.2) is 0 Å². The molecule has 2 aromatic rings. The zero-order valence-corrected chi connectivity index (χ0v) is 15.5. The zero-order valence-electron chi connectivity index (χ0n) is 15.5. The van der Waals surface area contributed by atoms with Gasteiger partial charge in [-0.05, 0) is 31.9 Å². The van der Waals surface area contributed by atoms with E-state index in [-0.39, 0.29) is 17.5 Å². The van der Waals surface area contributed by atoms with Gasteiger partial charge in [0.25, 0.3) is 5.91 Å². The fourth-order valence-electron chi connectivity index (χ4n) is 3.76. The first kappa shape index (κ1) is 17.5. The minimum absolute atomic E-state index is 0.00415. The summed E-state index contributed by atoms with van der Waals surface area (Å²) >= 11 is 0. The number of hydrogen-bond donors (Lipinski definition) is 0. The molecule has 8 nitrogen and oxygen atoms in total. The highest BCUT2D eigenvalue weighted by Gasteiger charge is 2.34. The number of benzene rings is 1. The van der Waals surface area contributed by atoms with Gasteiger partial charge in [-0.15, -0.1) is 0 Å². The van der Waals surface area contributed by atoms with Crippen molar-refractivity contribution in [1.82, 2.24) is 19.2 Å². The highest BCUT2D eigenvalue weighted by atomic mass is 16.6. The SMILES string of the molecule is CC1=NOC(C(=O)N2CCC(c3nn(C)c(=O)n3-c3ccccc3)CC2)C1. The molecule has 1 amide bonds. The maximum absolute atomic E-state index is 12.6. The number of amides is 1. The summed E-state index contributed by atoms with van der Waals surface area (Å²) in [5.74, 6) is 0.887. The second kappa shape index (κ2) is 7.02. The van der Waals surface area contributed by atoms with Crippen LogP contribution in [0.3, 0.4) is 0 Å². The number of hydrogen-bond acceptors (Lipinski definition) is 5. The lowest BCUT2D eigenvalue weighted by Crippen LogP contribution is -2.43. The molecule has 8 heteroatoms. The van der Waals surface area contributed by atoms with Crippen molar-refractivity contribution < 1.29 is 9.63 Å². The summed E-state index contributed by atoms with van der Waals surface area (Å²) in [6.07, 6.45) is 1.61. The molecule has 0 aliphatic carbocycles. The Labute approximate surface area is 157 Å². The number of carbonyl (C=O) groups is 1. The molecule has 1 unspecified atom stereocenters. The van der Waals surface area contributed by atoms with Crippen LogP contribution in [0.5, 0.6) is 0 Å². The van der Waals surface area contributed by atoms with E-state index in [4.69, 9.17) is 4.84 Å². The fourth-order valence-corrected chi connectivity index (χ4v) is 3.76. The lowest BCUT2D eigenvalue weighted by atomic mass is 9.95. The minimum Gasteiger partial charge on any atom is -0.382 e. The predicted octanol–water partition coefficient (Wildman–Crippen LogP) is 1.44. The van der Waals surface area contributed by atoms with Crippen LogP contribution in [-0.2, 0) is 16.7 Å². The van der Waals surface area contributed by atoms with Crippen molar-refractivity contribution in [1.29, 1.82) is 0 Å². The van der Waals surface area contributed by atoms with Gasteiger partial charge < -0.3 is 9.74 Å². The Morgan fingerprint density at radius 3 is 2.52 bits per heavy atom. The Hall–Kier alpha value is -2.90. The standard InChI is InChI=1S/C19H23N5O3/c1-13-12-16(27-21-13)18(25)23-10-8-14(9-11-23)17-20-22(2)19(26)24(17)15-6-4-3-5-7-15/h3-7,14,16H,8-12H2,1-2H3. The molecule has 2 aliphatic heterocycles. The number of oxime groups is 1. The first-order chi connectivity index (χ1) is 13.0. The van der Waals surface area contributed by atoms with Gasteiger partial charge >= 0.3 is 5.69 Å². The first-order valence-corrected chi connectivity index (χ1v) is 9.24. The lowest BCUT2D eigenvalue weighted by Gasteiger charge is -2.32. The lowest BCUT2D eigenvalue weighted by molar-refractivity contribution is -0.143. The molecule has 1 fully saturated rings. The summed E-state index contributed by atoms with van der Waals surface area (Å²) in [4.78, 5) is 32.2. The highest BCUT2D eigenvalue weighted by Crippen LogP contribution is 2.28. The molecule has 1 saturated heterocycles. The van der Waals surface area contributed by atoms with E-state index in [0.717, 1.165) is 30.1 Å². The summed E-state index contributed by atoms with van der Waals surface area (Å²) in [6, 6.07) is 9.55. The normalized spacial score (nSPS) is 20.4. The van der Waals surface area contributed by atoms with Crippen molar-refractivity contribution in [2.24, 2.45) is 12.2 Å². The van der Waals surface area contributed by atoms with Crippen LogP contribution >= 0.6 is 0 Å². The van der Waals surface area contributed by atoms with Crippen molar-refractivity contribution in [3.63, 3.8) is 0 Å². The Morgan fingerprint density at radius 2 is 1.89 bits per heavy atom. The van der Waals surface area contributed by atoms with Crippen LogP contribution in [0.1, 0.15) is 37.9 Å². The minimum atomic E-state index is -0.487. The summed E-state index contributed by atoms with van der Waals surface area (Å²) in [5.41, 5.74) is 1.52. The van der Waals surface area contributed by atoms with Crippen LogP contribution in [-0.4, -0.2) is 50.1 Å². The van der Waals surface area contributed by atoms with Crippen LogP contribution in [0.2, 0.25) is 0 Å². The number of carbonyl (C=O) groups excluding carboxylic acids is 1. The molecule has 4 rings (SSSR count). The second-order valence-corrected chi connectivity index (χ2v) is 7.16. The molecule has 0 bridgehead atoms. The Bertz CT molecular complexity index is 923. The molecule has 1 atom stereocenters. The van der Waals surface area contributed by atoms with Crippen LogP contribution < -0.4 is 5.69 Å². The van der Waals surface area contributed by atoms with Gasteiger partial charge in [-0.3, -0.25) is 4.79 Å². The van der Waals surface area contributed by atoms with E-state index in [1.165, 1.54) is 4.68 Å². The number of aromatic nitrogens is 3. The van der Waals surface area contributed by atoms with Crippen molar-refractivity contribution >= 4 is 11.6 Å². The van der Waals surface area contributed by atoms with Crippen LogP contribution in [0.25, 0.3) is 5.69 Å². The van der Waals surface area contributed by atoms with Crippen LogP contribution in [0.4, 0.5) is 0 Å². The van der Waals surface area contributed by atoms with Gasteiger partial charge in [0.05, 0.1) is 11.4 Å². The van der Waals surface area contributed by atoms with Crippen LogP contribution in [0, 0.1) is 0 Å². The van der Waals surface area contributed by atoms with Gasteiger partial charge in [0, 0.05) is 32.5 Å². The average Bonchev–Trinajstić information content (AvgIpc) is 3.26. The van der Waals surface area contributed by atoms with Gasteiger partial charge in [0.2, 0.25) is 6.10 Å². The predicted molar refractivity (Wildman–Crippen MR) is 100.0 cm³/mol. The molecule has 3 heterocycles. The number of piperidine rings is 1. The third-order valence-electron chi connectivity index (χ3n) is 5.23. The van der Waals surface area contributed by atoms with E-state index < -0.39 is 6.10 Å². The molecule has 27 heavy (non-hydrogen) atoms. The Balaban J connectivity index is 1.50. The summed E-state index contributed by atoms with van der Waals surface area (Å²) in [5, 5.41) is 8.36.